The first-order chi connectivity index (χ1) is 9.79. The van der Waals surface area contributed by atoms with Gasteiger partial charge in [-0.25, -0.2) is 4.98 Å². The van der Waals surface area contributed by atoms with Gasteiger partial charge in [0, 0.05) is 30.7 Å². The van der Waals surface area contributed by atoms with Crippen LogP contribution in [0.25, 0.3) is 10.8 Å². The molecule has 4 heteroatoms. The largest absolute Gasteiger partial charge is 0.508 e. The fraction of sp³-hybridized carbons (Fsp3) is 0.438. The molecule has 1 aliphatic heterocycles. The Hall–Kier alpha value is -1.81. The van der Waals surface area contributed by atoms with E-state index in [0.717, 1.165) is 36.2 Å². The Morgan fingerprint density at radius 2 is 2.30 bits per heavy atom. The lowest BCUT2D eigenvalue weighted by atomic mass is 10.0. The summed E-state index contributed by atoms with van der Waals surface area (Å²) in [6.07, 6.45) is 4.25. The number of aromatic nitrogens is 1. The molecule has 0 spiro atoms. The van der Waals surface area contributed by atoms with Crippen LogP contribution in [0.5, 0.6) is 5.75 Å². The van der Waals surface area contributed by atoms with Crippen LogP contribution >= 0.6 is 0 Å². The highest BCUT2D eigenvalue weighted by molar-refractivity contribution is 5.93. The van der Waals surface area contributed by atoms with Gasteiger partial charge < -0.3 is 15.3 Å². The van der Waals surface area contributed by atoms with Crippen molar-refractivity contribution in [2.45, 2.75) is 25.8 Å². The second kappa shape index (κ2) is 5.67. The van der Waals surface area contributed by atoms with Crippen LogP contribution in [-0.4, -0.2) is 35.8 Å². The minimum absolute atomic E-state index is 0.296. The molecule has 4 nitrogen and oxygen atoms in total. The number of nitrogens with zero attached hydrogens (tertiary/aromatic N) is 2. The van der Waals surface area contributed by atoms with Crippen molar-refractivity contribution in [2.24, 2.45) is 0 Å². The summed E-state index contributed by atoms with van der Waals surface area (Å²) in [5, 5.41) is 15.4. The second-order valence-corrected chi connectivity index (χ2v) is 5.33. The average Bonchev–Trinajstić information content (AvgIpc) is 2.49. The molecule has 0 bridgehead atoms. The molecule has 1 aromatic heterocycles. The molecule has 0 aliphatic carbocycles. The minimum Gasteiger partial charge on any atom is -0.508 e. The number of phenolic OH excluding ortho intramolecular Hbond substituents is 1. The van der Waals surface area contributed by atoms with Crippen LogP contribution in [-0.2, 0) is 0 Å². The number of pyridine rings is 1. The third-order valence-corrected chi connectivity index (χ3v) is 4.05. The van der Waals surface area contributed by atoms with E-state index in [4.69, 9.17) is 0 Å². The Labute approximate surface area is 119 Å². The lowest BCUT2D eigenvalue weighted by Gasteiger charge is -2.35. The molecule has 106 valence electrons. The summed E-state index contributed by atoms with van der Waals surface area (Å²) in [6.45, 7) is 5.20. The number of hydrogen-bond acceptors (Lipinski definition) is 4. The van der Waals surface area contributed by atoms with Gasteiger partial charge in [-0.2, -0.15) is 0 Å². The SMILES string of the molecule is CCN(c1nccc2ccc(O)cc12)C1CCCNC1. The van der Waals surface area contributed by atoms with Gasteiger partial charge in [0.05, 0.1) is 0 Å². The van der Waals surface area contributed by atoms with E-state index < -0.39 is 0 Å². The van der Waals surface area contributed by atoms with E-state index in [9.17, 15) is 5.11 Å². The van der Waals surface area contributed by atoms with Crippen LogP contribution in [0.2, 0.25) is 0 Å². The third kappa shape index (κ3) is 2.43. The molecule has 2 aromatic rings. The Bertz CT molecular complexity index is 593. The Morgan fingerprint density at radius 3 is 3.05 bits per heavy atom. The van der Waals surface area contributed by atoms with Crippen molar-refractivity contribution >= 4 is 16.6 Å². The van der Waals surface area contributed by atoms with Gasteiger partial charge in [0.2, 0.25) is 0 Å². The molecule has 2 N–H and O–H groups in total. The predicted octanol–water partition coefficient (Wildman–Crippen LogP) is 2.52. The number of hydrogen-bond donors (Lipinski definition) is 2. The average molecular weight is 271 g/mol. The van der Waals surface area contributed by atoms with E-state index in [1.54, 1.807) is 6.07 Å². The molecule has 1 aliphatic rings. The first-order valence-electron chi connectivity index (χ1n) is 7.34. The van der Waals surface area contributed by atoms with Crippen molar-refractivity contribution in [2.75, 3.05) is 24.5 Å². The number of likely N-dealkylation sites (N-methyl/N-ethyl adjacent to an activating group) is 1. The number of fused-ring (bicyclic) bond motifs is 1. The van der Waals surface area contributed by atoms with Gasteiger partial charge in [0.1, 0.15) is 11.6 Å². The molecule has 0 radical (unpaired) electrons. The Morgan fingerprint density at radius 1 is 1.40 bits per heavy atom. The summed E-state index contributed by atoms with van der Waals surface area (Å²) < 4.78 is 0. The number of aromatic hydroxyl groups is 1. The summed E-state index contributed by atoms with van der Waals surface area (Å²) >= 11 is 0. The van der Waals surface area contributed by atoms with Crippen LogP contribution < -0.4 is 10.2 Å². The maximum Gasteiger partial charge on any atom is 0.136 e. The van der Waals surface area contributed by atoms with Gasteiger partial charge in [-0.3, -0.25) is 0 Å². The van der Waals surface area contributed by atoms with Crippen LogP contribution in [0.4, 0.5) is 5.82 Å². The van der Waals surface area contributed by atoms with Crippen LogP contribution in [0.1, 0.15) is 19.8 Å². The van der Waals surface area contributed by atoms with E-state index in [0.29, 0.717) is 11.8 Å². The zero-order chi connectivity index (χ0) is 13.9. The molecule has 1 fully saturated rings. The van der Waals surface area contributed by atoms with Gasteiger partial charge >= 0.3 is 0 Å². The number of piperidine rings is 1. The zero-order valence-corrected chi connectivity index (χ0v) is 11.8. The normalized spacial score (nSPS) is 19.1. The van der Waals surface area contributed by atoms with Gasteiger partial charge in [-0.1, -0.05) is 6.07 Å². The van der Waals surface area contributed by atoms with E-state index in [1.807, 2.05) is 24.4 Å². The number of anilines is 1. The highest BCUT2D eigenvalue weighted by Gasteiger charge is 2.22. The molecule has 3 rings (SSSR count). The number of phenols is 1. The molecule has 0 saturated carbocycles. The van der Waals surface area contributed by atoms with Crippen LogP contribution in [0.3, 0.4) is 0 Å². The summed E-state index contributed by atoms with van der Waals surface area (Å²) in [6, 6.07) is 7.96. The molecule has 0 amide bonds. The molecular weight excluding hydrogens is 250 g/mol. The molecular formula is C16H21N3O. The monoisotopic (exact) mass is 271 g/mol. The van der Waals surface area contributed by atoms with Gasteiger partial charge in [0.15, 0.2) is 0 Å². The van der Waals surface area contributed by atoms with Crippen molar-refractivity contribution in [3.8, 4) is 5.75 Å². The smallest absolute Gasteiger partial charge is 0.136 e. The van der Waals surface area contributed by atoms with E-state index in [-0.39, 0.29) is 0 Å². The van der Waals surface area contributed by atoms with Crippen molar-refractivity contribution in [1.29, 1.82) is 0 Å². The molecule has 1 saturated heterocycles. The van der Waals surface area contributed by atoms with Crippen molar-refractivity contribution in [1.82, 2.24) is 10.3 Å². The number of rotatable bonds is 3. The highest BCUT2D eigenvalue weighted by atomic mass is 16.3. The number of benzene rings is 1. The van der Waals surface area contributed by atoms with Gasteiger partial charge in [-0.15, -0.1) is 0 Å². The van der Waals surface area contributed by atoms with Crippen LogP contribution in [0.15, 0.2) is 30.5 Å². The molecule has 1 aromatic carbocycles. The molecule has 1 atom stereocenters. The summed E-state index contributed by atoms with van der Waals surface area (Å²) in [4.78, 5) is 6.94. The lowest BCUT2D eigenvalue weighted by molar-refractivity contribution is 0.434. The number of nitrogens with one attached hydrogen (secondary N) is 1. The zero-order valence-electron chi connectivity index (χ0n) is 11.8. The van der Waals surface area contributed by atoms with Gasteiger partial charge in [0.25, 0.3) is 0 Å². The molecule has 2 heterocycles. The topological polar surface area (TPSA) is 48.4 Å². The molecule has 20 heavy (non-hydrogen) atoms. The maximum atomic E-state index is 9.76. The lowest BCUT2D eigenvalue weighted by Crippen LogP contribution is -2.46. The first kappa shape index (κ1) is 13.2. The summed E-state index contributed by atoms with van der Waals surface area (Å²) in [5.41, 5.74) is 0. The fourth-order valence-electron chi connectivity index (χ4n) is 3.05. The van der Waals surface area contributed by atoms with Crippen molar-refractivity contribution < 1.29 is 5.11 Å². The second-order valence-electron chi connectivity index (χ2n) is 5.33. The van der Waals surface area contributed by atoms with Gasteiger partial charge in [-0.05, 0) is 49.9 Å². The van der Waals surface area contributed by atoms with E-state index >= 15 is 0 Å². The standard InChI is InChI=1S/C16H21N3O/c1-2-19(13-4-3-8-17-11-13)16-15-10-14(20)6-5-12(15)7-9-18-16/h5-7,9-10,13,17,20H,2-4,8,11H2,1H3. The maximum absolute atomic E-state index is 9.76. The first-order valence-corrected chi connectivity index (χ1v) is 7.34. The van der Waals surface area contributed by atoms with Crippen molar-refractivity contribution in [3.63, 3.8) is 0 Å². The highest BCUT2D eigenvalue weighted by Crippen LogP contribution is 2.29. The Kier molecular flexibility index (Phi) is 3.74. The summed E-state index contributed by atoms with van der Waals surface area (Å²) in [5.74, 6) is 1.28. The minimum atomic E-state index is 0.296. The van der Waals surface area contributed by atoms with E-state index in [2.05, 4.69) is 22.1 Å². The molecule has 1 unspecified atom stereocenters. The van der Waals surface area contributed by atoms with E-state index in [1.165, 1.54) is 12.8 Å². The Balaban J connectivity index is 2.04. The predicted molar refractivity (Wildman–Crippen MR) is 82.3 cm³/mol. The fourth-order valence-corrected chi connectivity index (χ4v) is 3.05. The summed E-state index contributed by atoms with van der Waals surface area (Å²) in [7, 11) is 0. The van der Waals surface area contributed by atoms with Crippen molar-refractivity contribution in [3.05, 3.63) is 30.5 Å². The quantitative estimate of drug-likeness (QED) is 0.900. The third-order valence-electron chi connectivity index (χ3n) is 4.05. The van der Waals surface area contributed by atoms with Crippen LogP contribution in [0, 0.1) is 0 Å².